The Labute approximate surface area is 244 Å². The van der Waals surface area contributed by atoms with Crippen LogP contribution in [0.5, 0.6) is 0 Å². The van der Waals surface area contributed by atoms with Crippen LogP contribution in [0.4, 0.5) is 11.4 Å². The number of carbonyl (C=O) groups excluding carboxylic acids is 1. The molecule has 222 valence electrons. The number of anilines is 2. The lowest BCUT2D eigenvalue weighted by Gasteiger charge is -2.18. The van der Waals surface area contributed by atoms with E-state index >= 15 is 0 Å². The van der Waals surface area contributed by atoms with Gasteiger partial charge >= 0.3 is 5.97 Å². The zero-order valence-corrected chi connectivity index (χ0v) is 25.2. The van der Waals surface area contributed by atoms with Crippen LogP contribution in [0.2, 0.25) is 0 Å². The molecule has 3 N–H and O–H groups in total. The maximum absolute atomic E-state index is 13.1. The van der Waals surface area contributed by atoms with E-state index in [0.29, 0.717) is 33.5 Å². The van der Waals surface area contributed by atoms with Crippen molar-refractivity contribution in [3.63, 3.8) is 0 Å². The predicted molar refractivity (Wildman–Crippen MR) is 161 cm³/mol. The summed E-state index contributed by atoms with van der Waals surface area (Å²) in [4.78, 5) is 24.4. The lowest BCUT2D eigenvalue weighted by molar-refractivity contribution is -0.140. The monoisotopic (exact) mass is 613 g/mol. The SMILES string of the molecule is Cc1c(C(=O)Nc2ccc(-c3ccc(S(=O)(=O)NC(C(=O)O)C(C)C)cc3)cc2)oc2cccc(N(C)S(C)(=O)=O)c12. The molecule has 1 atom stereocenters. The fourth-order valence-corrected chi connectivity index (χ4v) is 6.25. The van der Waals surface area contributed by atoms with Crippen molar-refractivity contribution in [1.82, 2.24) is 4.72 Å². The molecule has 4 rings (SSSR count). The normalized spacial score (nSPS) is 12.8. The largest absolute Gasteiger partial charge is 0.480 e. The Morgan fingerprint density at radius 2 is 1.48 bits per heavy atom. The number of carbonyl (C=O) groups is 2. The minimum absolute atomic E-state index is 0.0523. The Hall–Kier alpha value is -4.20. The Balaban J connectivity index is 1.51. The van der Waals surface area contributed by atoms with Crippen molar-refractivity contribution in [2.24, 2.45) is 5.92 Å². The number of amides is 1. The average molecular weight is 614 g/mol. The molecule has 0 bridgehead atoms. The average Bonchev–Trinajstić information content (AvgIpc) is 3.27. The number of rotatable bonds is 10. The first-order chi connectivity index (χ1) is 19.6. The van der Waals surface area contributed by atoms with Crippen molar-refractivity contribution in [1.29, 1.82) is 0 Å². The molecule has 0 aliphatic rings. The van der Waals surface area contributed by atoms with Gasteiger partial charge in [0.1, 0.15) is 11.6 Å². The molecule has 0 aliphatic carbocycles. The zero-order valence-electron chi connectivity index (χ0n) is 23.6. The van der Waals surface area contributed by atoms with E-state index in [1.807, 2.05) is 0 Å². The minimum atomic E-state index is -4.04. The molecular weight excluding hydrogens is 582 g/mol. The third kappa shape index (κ3) is 6.32. The number of sulfonamides is 2. The van der Waals surface area contributed by atoms with E-state index in [2.05, 4.69) is 10.0 Å². The van der Waals surface area contributed by atoms with Gasteiger partial charge in [-0.25, -0.2) is 16.8 Å². The van der Waals surface area contributed by atoms with Gasteiger partial charge in [0, 0.05) is 23.7 Å². The van der Waals surface area contributed by atoms with Gasteiger partial charge in [-0.15, -0.1) is 0 Å². The van der Waals surface area contributed by atoms with Gasteiger partial charge in [-0.3, -0.25) is 13.9 Å². The van der Waals surface area contributed by atoms with Crippen LogP contribution in [0.1, 0.15) is 30.0 Å². The van der Waals surface area contributed by atoms with Crippen molar-refractivity contribution < 1.29 is 35.9 Å². The van der Waals surface area contributed by atoms with Crippen molar-refractivity contribution >= 4 is 54.3 Å². The molecule has 0 spiro atoms. The Kier molecular flexibility index (Phi) is 8.48. The van der Waals surface area contributed by atoms with Crippen molar-refractivity contribution in [3.05, 3.63) is 78.1 Å². The van der Waals surface area contributed by atoms with Gasteiger partial charge in [0.15, 0.2) is 5.76 Å². The number of fused-ring (bicyclic) bond motifs is 1. The molecule has 0 fully saturated rings. The molecule has 0 radical (unpaired) electrons. The molecule has 1 heterocycles. The number of nitrogens with one attached hydrogen (secondary N) is 2. The van der Waals surface area contributed by atoms with Gasteiger partial charge in [-0.1, -0.05) is 44.2 Å². The number of carboxylic acids is 1. The summed E-state index contributed by atoms with van der Waals surface area (Å²) in [6.07, 6.45) is 1.09. The van der Waals surface area contributed by atoms with Crippen LogP contribution < -0.4 is 14.3 Å². The maximum Gasteiger partial charge on any atom is 0.322 e. The second-order valence-corrected chi connectivity index (χ2v) is 13.9. The number of hydrogen-bond donors (Lipinski definition) is 3. The minimum Gasteiger partial charge on any atom is -0.480 e. The molecule has 3 aromatic carbocycles. The highest BCUT2D eigenvalue weighted by molar-refractivity contribution is 7.92. The van der Waals surface area contributed by atoms with E-state index in [1.165, 1.54) is 19.2 Å². The van der Waals surface area contributed by atoms with Gasteiger partial charge in [0.2, 0.25) is 20.0 Å². The van der Waals surface area contributed by atoms with Crippen LogP contribution in [0.15, 0.2) is 76.0 Å². The van der Waals surface area contributed by atoms with Crippen LogP contribution in [0.3, 0.4) is 0 Å². The summed E-state index contributed by atoms with van der Waals surface area (Å²) < 4.78 is 58.8. The number of hydrogen-bond acceptors (Lipinski definition) is 7. The number of aryl methyl sites for hydroxylation is 1. The van der Waals surface area contributed by atoms with Crippen LogP contribution >= 0.6 is 0 Å². The highest BCUT2D eigenvalue weighted by Gasteiger charge is 2.28. The van der Waals surface area contributed by atoms with Gasteiger partial charge in [-0.2, -0.15) is 4.72 Å². The van der Waals surface area contributed by atoms with E-state index in [4.69, 9.17) is 4.42 Å². The highest BCUT2D eigenvalue weighted by Crippen LogP contribution is 2.34. The number of aliphatic carboxylic acids is 1. The molecule has 11 nitrogen and oxygen atoms in total. The second kappa shape index (κ2) is 11.6. The summed E-state index contributed by atoms with van der Waals surface area (Å²) in [6, 6.07) is 16.6. The first-order valence-electron chi connectivity index (χ1n) is 12.8. The molecule has 1 amide bonds. The Bertz CT molecular complexity index is 1860. The summed E-state index contributed by atoms with van der Waals surface area (Å²) in [5, 5.41) is 12.6. The van der Waals surface area contributed by atoms with Crippen LogP contribution in [0.25, 0.3) is 22.1 Å². The van der Waals surface area contributed by atoms with Crippen LogP contribution in [-0.4, -0.2) is 53.2 Å². The fraction of sp³-hybridized carbons (Fsp3) is 0.241. The summed E-state index contributed by atoms with van der Waals surface area (Å²) in [6.45, 7) is 4.92. The molecule has 1 aromatic heterocycles. The van der Waals surface area contributed by atoms with E-state index < -0.39 is 43.9 Å². The van der Waals surface area contributed by atoms with Gasteiger partial charge < -0.3 is 14.8 Å². The van der Waals surface area contributed by atoms with Crippen LogP contribution in [-0.2, 0) is 24.8 Å². The van der Waals surface area contributed by atoms with E-state index in [0.717, 1.165) is 16.1 Å². The van der Waals surface area contributed by atoms with Gasteiger partial charge in [0.05, 0.1) is 16.8 Å². The number of nitrogens with zero attached hydrogens (tertiary/aromatic N) is 1. The van der Waals surface area contributed by atoms with Crippen molar-refractivity contribution in [2.75, 3.05) is 22.9 Å². The predicted octanol–water partition coefficient (Wildman–Crippen LogP) is 4.44. The lowest BCUT2D eigenvalue weighted by atomic mass is 10.1. The summed E-state index contributed by atoms with van der Waals surface area (Å²) >= 11 is 0. The third-order valence-electron chi connectivity index (χ3n) is 6.83. The summed E-state index contributed by atoms with van der Waals surface area (Å²) in [5.74, 6) is -2.15. The van der Waals surface area contributed by atoms with Crippen LogP contribution in [0, 0.1) is 12.8 Å². The number of carboxylic acid groups (broad SMARTS) is 1. The molecule has 0 aliphatic heterocycles. The number of benzene rings is 3. The molecule has 0 saturated heterocycles. The number of furan rings is 1. The molecule has 0 saturated carbocycles. The fourth-order valence-electron chi connectivity index (χ4n) is 4.41. The smallest absolute Gasteiger partial charge is 0.322 e. The molecule has 42 heavy (non-hydrogen) atoms. The zero-order chi connectivity index (χ0) is 31.0. The van der Waals surface area contributed by atoms with E-state index in [-0.39, 0.29) is 10.7 Å². The second-order valence-electron chi connectivity index (χ2n) is 10.2. The molecule has 13 heteroatoms. The van der Waals surface area contributed by atoms with E-state index in [1.54, 1.807) is 75.4 Å². The molecule has 1 unspecified atom stereocenters. The van der Waals surface area contributed by atoms with Gasteiger partial charge in [0.25, 0.3) is 5.91 Å². The van der Waals surface area contributed by atoms with Crippen molar-refractivity contribution in [3.8, 4) is 11.1 Å². The standard InChI is InChI=1S/C29H31N3O8S2/c1-17(2)26(29(34)35)31-42(38,39)22-15-11-20(12-16-22)19-9-13-21(14-10-19)30-28(33)27-18(3)25-23(32(4)41(5,36)37)7-6-8-24(25)40-27/h6-17,26,31H,1-5H3,(H,30,33)(H,34,35). The quantitative estimate of drug-likeness (QED) is 0.236. The Morgan fingerprint density at radius 1 is 0.905 bits per heavy atom. The topological polar surface area (TPSA) is 163 Å². The first-order valence-corrected chi connectivity index (χ1v) is 16.2. The summed E-state index contributed by atoms with van der Waals surface area (Å²) in [7, 11) is -6.14. The maximum atomic E-state index is 13.1. The first kappa shape index (κ1) is 30.8. The highest BCUT2D eigenvalue weighted by atomic mass is 32.2. The molecular formula is C29H31N3O8S2. The van der Waals surface area contributed by atoms with Crippen molar-refractivity contribution in [2.45, 2.75) is 31.7 Å². The van der Waals surface area contributed by atoms with E-state index in [9.17, 15) is 31.5 Å². The lowest BCUT2D eigenvalue weighted by Crippen LogP contribution is -2.44. The third-order valence-corrected chi connectivity index (χ3v) is 9.48. The molecule has 4 aromatic rings. The summed E-state index contributed by atoms with van der Waals surface area (Å²) in [5.41, 5.74) is 3.22. The Morgan fingerprint density at radius 3 is 2.00 bits per heavy atom. The van der Waals surface area contributed by atoms with Gasteiger partial charge in [-0.05, 0) is 60.4 Å².